The fraction of sp³-hybridized carbons (Fsp3) is 0.364. The molecule has 0 spiro atoms. The van der Waals surface area contributed by atoms with E-state index in [4.69, 9.17) is 28.2 Å². The number of hydrogen-bond donors (Lipinski definition) is 0. The third kappa shape index (κ3) is 3.51. The molecule has 28 heavy (non-hydrogen) atoms. The summed E-state index contributed by atoms with van der Waals surface area (Å²) in [6.45, 7) is 3.74. The monoisotopic (exact) mass is 415 g/mol. The van der Waals surface area contributed by atoms with Gasteiger partial charge in [0.05, 0.1) is 11.0 Å². The van der Waals surface area contributed by atoms with E-state index in [1.807, 2.05) is 47.4 Å². The maximum atomic E-state index is 13.3. The van der Waals surface area contributed by atoms with E-state index in [0.717, 1.165) is 48.4 Å². The van der Waals surface area contributed by atoms with Crippen LogP contribution in [0.4, 0.5) is 0 Å². The molecule has 3 aromatic rings. The summed E-state index contributed by atoms with van der Waals surface area (Å²) in [5.41, 5.74) is 2.69. The van der Waals surface area contributed by atoms with Crippen molar-refractivity contribution < 1.29 is 4.79 Å². The van der Waals surface area contributed by atoms with Crippen LogP contribution in [0.5, 0.6) is 0 Å². The van der Waals surface area contributed by atoms with Crippen LogP contribution in [-0.4, -0.2) is 33.4 Å². The molecule has 6 heteroatoms. The van der Waals surface area contributed by atoms with Crippen molar-refractivity contribution in [3.8, 4) is 0 Å². The second kappa shape index (κ2) is 8.14. The third-order valence-corrected chi connectivity index (χ3v) is 6.17. The minimum atomic E-state index is -0.276. The van der Waals surface area contributed by atoms with Crippen LogP contribution in [0.1, 0.15) is 43.6 Å². The summed E-state index contributed by atoms with van der Waals surface area (Å²) >= 11 is 12.8. The van der Waals surface area contributed by atoms with Gasteiger partial charge in [-0.15, -0.1) is 0 Å². The first-order valence-electron chi connectivity index (χ1n) is 9.77. The summed E-state index contributed by atoms with van der Waals surface area (Å²) in [7, 11) is 0. The van der Waals surface area contributed by atoms with E-state index in [-0.39, 0.29) is 11.9 Å². The van der Waals surface area contributed by atoms with Crippen molar-refractivity contribution in [2.45, 2.75) is 38.6 Å². The number of likely N-dealkylation sites (tertiary alicyclic amines) is 1. The maximum Gasteiger partial charge on any atom is 0.245 e. The molecule has 146 valence electrons. The fourth-order valence-electron chi connectivity index (χ4n) is 4.04. The topological polar surface area (TPSA) is 38.1 Å². The highest BCUT2D eigenvalue weighted by Crippen LogP contribution is 2.31. The lowest BCUT2D eigenvalue weighted by Crippen LogP contribution is -2.35. The molecule has 0 saturated carbocycles. The van der Waals surface area contributed by atoms with E-state index in [9.17, 15) is 4.79 Å². The lowest BCUT2D eigenvalue weighted by Gasteiger charge is -2.25. The molecular weight excluding hydrogens is 393 g/mol. The smallest absolute Gasteiger partial charge is 0.245 e. The van der Waals surface area contributed by atoms with Gasteiger partial charge < -0.3 is 9.47 Å². The van der Waals surface area contributed by atoms with E-state index >= 15 is 0 Å². The predicted octanol–water partition coefficient (Wildman–Crippen LogP) is 5.51. The van der Waals surface area contributed by atoms with Gasteiger partial charge in [0.2, 0.25) is 5.91 Å². The van der Waals surface area contributed by atoms with Gasteiger partial charge in [0.1, 0.15) is 11.9 Å². The number of nitrogens with zero attached hydrogens (tertiary/aromatic N) is 3. The summed E-state index contributed by atoms with van der Waals surface area (Å²) in [5.74, 6) is 0.991. The number of para-hydroxylation sites is 2. The second-order valence-electron chi connectivity index (χ2n) is 7.22. The highest BCUT2D eigenvalue weighted by Gasteiger charge is 2.29. The highest BCUT2D eigenvalue weighted by atomic mass is 35.5. The molecule has 1 saturated heterocycles. The summed E-state index contributed by atoms with van der Waals surface area (Å²) in [5, 5.41) is 1.23. The van der Waals surface area contributed by atoms with E-state index in [1.165, 1.54) is 0 Å². The van der Waals surface area contributed by atoms with Gasteiger partial charge >= 0.3 is 0 Å². The number of carbonyl (C=O) groups excluding carboxylic acids is 1. The van der Waals surface area contributed by atoms with Crippen molar-refractivity contribution in [1.29, 1.82) is 0 Å². The molecule has 1 aliphatic heterocycles. The van der Waals surface area contributed by atoms with E-state index in [0.29, 0.717) is 22.9 Å². The number of benzene rings is 2. The summed E-state index contributed by atoms with van der Waals surface area (Å²) < 4.78 is 2.09. The summed E-state index contributed by atoms with van der Waals surface area (Å²) in [6, 6.07) is 13.2. The summed E-state index contributed by atoms with van der Waals surface area (Å²) in [6.07, 6.45) is 3.35. The predicted molar refractivity (Wildman–Crippen MR) is 114 cm³/mol. The number of imidazole rings is 1. The van der Waals surface area contributed by atoms with E-state index in [2.05, 4.69) is 11.5 Å². The number of amides is 1. The molecule has 1 atom stereocenters. The quantitative estimate of drug-likeness (QED) is 0.550. The van der Waals surface area contributed by atoms with Gasteiger partial charge in [-0.25, -0.2) is 4.98 Å². The van der Waals surface area contributed by atoms with Crippen LogP contribution < -0.4 is 0 Å². The maximum absolute atomic E-state index is 13.3. The van der Waals surface area contributed by atoms with Crippen LogP contribution in [0.25, 0.3) is 11.0 Å². The van der Waals surface area contributed by atoms with Gasteiger partial charge in [-0.2, -0.15) is 0 Å². The van der Waals surface area contributed by atoms with Crippen molar-refractivity contribution in [3.63, 3.8) is 0 Å². The number of fused-ring (bicyclic) bond motifs is 1. The van der Waals surface area contributed by atoms with Gasteiger partial charge in [0.15, 0.2) is 0 Å². The molecule has 0 N–H and O–H groups in total. The van der Waals surface area contributed by atoms with Gasteiger partial charge in [0.25, 0.3) is 0 Å². The molecule has 0 aliphatic carbocycles. The molecule has 4 nitrogen and oxygen atoms in total. The Morgan fingerprint density at radius 2 is 1.75 bits per heavy atom. The van der Waals surface area contributed by atoms with Crippen LogP contribution >= 0.6 is 23.2 Å². The molecular formula is C22H23Cl2N3O. The number of halogens is 2. The Hall–Kier alpha value is -2.04. The molecule has 1 fully saturated rings. The van der Waals surface area contributed by atoms with Crippen LogP contribution in [0.3, 0.4) is 0 Å². The molecule has 4 rings (SSSR count). The molecule has 2 heterocycles. The Morgan fingerprint density at radius 1 is 1.07 bits per heavy atom. The van der Waals surface area contributed by atoms with Crippen molar-refractivity contribution in [3.05, 3.63) is 63.9 Å². The van der Waals surface area contributed by atoms with Crippen LogP contribution in [0, 0.1) is 0 Å². The molecule has 1 amide bonds. The average molecular weight is 416 g/mol. The fourth-order valence-corrected chi connectivity index (χ4v) is 4.57. The first kappa shape index (κ1) is 19.3. The summed E-state index contributed by atoms with van der Waals surface area (Å²) in [4.78, 5) is 20.1. The number of hydrogen-bond acceptors (Lipinski definition) is 2. The number of carbonyl (C=O) groups is 1. The minimum absolute atomic E-state index is 0.176. The zero-order chi connectivity index (χ0) is 19.7. The number of rotatable bonds is 5. The molecule has 0 bridgehead atoms. The lowest BCUT2D eigenvalue weighted by atomic mass is 10.1. The Morgan fingerprint density at radius 3 is 2.43 bits per heavy atom. The largest absolute Gasteiger partial charge is 0.341 e. The van der Waals surface area contributed by atoms with Crippen LogP contribution in [-0.2, 0) is 11.2 Å². The normalized spacial score (nSPS) is 15.3. The molecule has 2 aromatic carbocycles. The molecule has 1 aliphatic rings. The third-order valence-electron chi connectivity index (χ3n) is 5.47. The van der Waals surface area contributed by atoms with Crippen molar-refractivity contribution in [2.24, 2.45) is 0 Å². The van der Waals surface area contributed by atoms with Gasteiger partial charge in [-0.1, -0.05) is 48.3 Å². The Labute approximate surface area is 175 Å². The van der Waals surface area contributed by atoms with E-state index in [1.54, 1.807) is 0 Å². The minimum Gasteiger partial charge on any atom is -0.341 e. The Bertz CT molecular complexity index is 988. The van der Waals surface area contributed by atoms with Gasteiger partial charge in [0, 0.05) is 29.6 Å². The van der Waals surface area contributed by atoms with E-state index < -0.39 is 0 Å². The Kier molecular flexibility index (Phi) is 5.61. The molecule has 0 unspecified atom stereocenters. The second-order valence-corrected chi connectivity index (χ2v) is 8.03. The zero-order valence-corrected chi connectivity index (χ0v) is 17.4. The first-order valence-corrected chi connectivity index (χ1v) is 10.5. The van der Waals surface area contributed by atoms with Crippen molar-refractivity contribution in [1.82, 2.24) is 14.5 Å². The molecule has 0 radical (unpaired) electrons. The Balaban J connectivity index is 1.81. The lowest BCUT2D eigenvalue weighted by molar-refractivity contribution is -0.133. The van der Waals surface area contributed by atoms with Crippen LogP contribution in [0.2, 0.25) is 10.0 Å². The molecule has 1 aromatic heterocycles. The van der Waals surface area contributed by atoms with Gasteiger partial charge in [-0.05, 0) is 49.1 Å². The number of aromatic nitrogens is 2. The van der Waals surface area contributed by atoms with Crippen LogP contribution in [0.15, 0.2) is 42.5 Å². The van der Waals surface area contributed by atoms with Crippen molar-refractivity contribution in [2.75, 3.05) is 13.1 Å². The first-order chi connectivity index (χ1) is 13.6. The average Bonchev–Trinajstić information content (AvgIpc) is 3.34. The van der Waals surface area contributed by atoms with Crippen molar-refractivity contribution >= 4 is 40.1 Å². The van der Waals surface area contributed by atoms with Gasteiger partial charge in [-0.3, -0.25) is 4.79 Å². The standard InChI is InChI=1S/C22H23Cl2N3O/c1-2-19(22(28)26-12-5-6-13-26)27-20-11-4-3-10-18(20)25-21(27)14-15-16(23)8-7-9-17(15)24/h3-4,7-11,19H,2,5-6,12-14H2,1H3/t19-/m1/s1. The SMILES string of the molecule is CC[C@H](C(=O)N1CCCC1)n1c(Cc2c(Cl)cccc2Cl)nc2ccccc21. The zero-order valence-electron chi connectivity index (χ0n) is 15.9. The highest BCUT2D eigenvalue weighted by molar-refractivity contribution is 6.36.